The number of sulfonamides is 1. The molecule has 0 unspecified atom stereocenters. The second kappa shape index (κ2) is 7.24. The Bertz CT molecular complexity index is 839. The Balaban J connectivity index is 1.63. The minimum absolute atomic E-state index is 0.0193. The van der Waals surface area contributed by atoms with E-state index in [0.29, 0.717) is 24.5 Å². The second-order valence-corrected chi connectivity index (χ2v) is 7.66. The van der Waals surface area contributed by atoms with Crippen LogP contribution in [0, 0.1) is 0 Å². The fourth-order valence-electron chi connectivity index (χ4n) is 2.66. The van der Waals surface area contributed by atoms with E-state index in [-0.39, 0.29) is 17.5 Å². The average Bonchev–Trinajstić information content (AvgIpc) is 3.27. The Labute approximate surface area is 146 Å². The van der Waals surface area contributed by atoms with Crippen LogP contribution in [-0.4, -0.2) is 48.4 Å². The molecule has 8 nitrogen and oxygen atoms in total. The first-order valence-corrected chi connectivity index (χ1v) is 9.39. The van der Waals surface area contributed by atoms with Crippen LogP contribution in [0.1, 0.15) is 12.8 Å². The Morgan fingerprint density at radius 1 is 1.24 bits per heavy atom. The van der Waals surface area contributed by atoms with E-state index >= 15 is 0 Å². The van der Waals surface area contributed by atoms with Gasteiger partial charge in [-0.15, -0.1) is 0 Å². The first-order valence-electron chi connectivity index (χ1n) is 7.95. The number of methoxy groups -OCH3 is 1. The summed E-state index contributed by atoms with van der Waals surface area (Å²) in [5.74, 6) is 0.428. The number of hydrogen-bond donors (Lipinski definition) is 1. The summed E-state index contributed by atoms with van der Waals surface area (Å²) in [5, 5.41) is 2.72. The number of anilines is 1. The normalized spacial score (nSPS) is 15.2. The monoisotopic (exact) mass is 364 g/mol. The van der Waals surface area contributed by atoms with Crippen molar-refractivity contribution in [3.63, 3.8) is 0 Å². The van der Waals surface area contributed by atoms with Crippen LogP contribution in [0.2, 0.25) is 0 Å². The number of amides is 1. The third-order valence-corrected chi connectivity index (χ3v) is 5.76. The van der Waals surface area contributed by atoms with Crippen LogP contribution in [-0.2, 0) is 21.4 Å². The summed E-state index contributed by atoms with van der Waals surface area (Å²) in [5.41, 5.74) is 0.635. The predicted octanol–water partition coefficient (Wildman–Crippen LogP) is 1.31. The van der Waals surface area contributed by atoms with Gasteiger partial charge in [0, 0.05) is 25.0 Å². The summed E-state index contributed by atoms with van der Waals surface area (Å²) in [6, 6.07) is 6.95. The Hall–Kier alpha value is -2.39. The van der Waals surface area contributed by atoms with Crippen molar-refractivity contribution >= 4 is 21.6 Å². The number of aromatic nitrogens is 2. The molecule has 1 aliphatic heterocycles. The molecule has 2 aromatic rings. The van der Waals surface area contributed by atoms with Crippen LogP contribution in [0.3, 0.4) is 0 Å². The number of ether oxygens (including phenoxy) is 1. The quantitative estimate of drug-likeness (QED) is 0.834. The minimum atomic E-state index is -3.56. The van der Waals surface area contributed by atoms with Crippen LogP contribution in [0.4, 0.5) is 5.69 Å². The lowest BCUT2D eigenvalue weighted by Crippen LogP contribution is -2.28. The molecule has 0 bridgehead atoms. The van der Waals surface area contributed by atoms with Crippen LogP contribution < -0.4 is 10.1 Å². The Kier molecular flexibility index (Phi) is 5.05. The predicted molar refractivity (Wildman–Crippen MR) is 91.8 cm³/mol. The van der Waals surface area contributed by atoms with Crippen molar-refractivity contribution in [3.8, 4) is 5.75 Å². The maximum Gasteiger partial charge on any atom is 0.262 e. The maximum absolute atomic E-state index is 12.4. The summed E-state index contributed by atoms with van der Waals surface area (Å²) >= 11 is 0. The van der Waals surface area contributed by atoms with Gasteiger partial charge < -0.3 is 14.6 Å². The van der Waals surface area contributed by atoms with Crippen molar-refractivity contribution in [2.24, 2.45) is 0 Å². The lowest BCUT2D eigenvalue weighted by atomic mass is 10.3. The largest absolute Gasteiger partial charge is 0.497 e. The fraction of sp³-hybridized carbons (Fsp3) is 0.375. The molecule has 0 spiro atoms. The van der Waals surface area contributed by atoms with Crippen LogP contribution in [0.25, 0.3) is 0 Å². The SMILES string of the molecule is COc1ccc(NC(=O)Cn2cnc(S(=O)(=O)N3CCCC3)c2)cc1. The van der Waals surface area contributed by atoms with Gasteiger partial charge >= 0.3 is 0 Å². The van der Waals surface area contributed by atoms with E-state index in [0.717, 1.165) is 12.8 Å². The van der Waals surface area contributed by atoms with E-state index in [1.54, 1.807) is 31.4 Å². The van der Waals surface area contributed by atoms with Gasteiger partial charge in [0.15, 0.2) is 5.03 Å². The van der Waals surface area contributed by atoms with E-state index in [9.17, 15) is 13.2 Å². The van der Waals surface area contributed by atoms with Gasteiger partial charge in [-0.1, -0.05) is 0 Å². The van der Waals surface area contributed by atoms with Crippen molar-refractivity contribution in [1.82, 2.24) is 13.9 Å². The maximum atomic E-state index is 12.4. The molecule has 1 saturated heterocycles. The molecule has 1 aliphatic rings. The van der Waals surface area contributed by atoms with Gasteiger partial charge in [-0.2, -0.15) is 4.31 Å². The second-order valence-electron chi connectivity index (χ2n) is 5.77. The zero-order valence-corrected chi connectivity index (χ0v) is 14.7. The molecule has 25 heavy (non-hydrogen) atoms. The first kappa shape index (κ1) is 17.4. The number of hydrogen-bond acceptors (Lipinski definition) is 5. The molecule has 1 N–H and O–H groups in total. The smallest absolute Gasteiger partial charge is 0.262 e. The van der Waals surface area contributed by atoms with Crippen molar-refractivity contribution < 1.29 is 17.9 Å². The zero-order chi connectivity index (χ0) is 17.9. The topological polar surface area (TPSA) is 93.5 Å². The van der Waals surface area contributed by atoms with Crippen LogP contribution >= 0.6 is 0 Å². The third-order valence-electron chi connectivity index (χ3n) is 3.98. The standard InChI is InChI=1S/C16H20N4O4S/c1-24-14-6-4-13(5-7-14)18-15(21)10-19-11-16(17-12-19)25(22,23)20-8-2-3-9-20/h4-7,11-12H,2-3,8-10H2,1H3,(H,18,21). The van der Waals surface area contributed by atoms with Gasteiger partial charge in [-0.05, 0) is 37.1 Å². The molecule has 1 amide bonds. The van der Waals surface area contributed by atoms with Gasteiger partial charge in [0.25, 0.3) is 10.0 Å². The third kappa shape index (κ3) is 3.99. The fourth-order valence-corrected chi connectivity index (χ4v) is 4.11. The van der Waals surface area contributed by atoms with Crippen LogP contribution in [0.15, 0.2) is 41.8 Å². The highest BCUT2D eigenvalue weighted by Gasteiger charge is 2.29. The molecule has 1 fully saturated rings. The molecular weight excluding hydrogens is 344 g/mol. The average molecular weight is 364 g/mol. The molecule has 9 heteroatoms. The number of carbonyl (C=O) groups excluding carboxylic acids is 1. The number of nitrogens with zero attached hydrogens (tertiary/aromatic N) is 3. The van der Waals surface area contributed by atoms with Crippen molar-refractivity contribution in [3.05, 3.63) is 36.8 Å². The van der Waals surface area contributed by atoms with Gasteiger partial charge in [0.05, 0.1) is 13.4 Å². The van der Waals surface area contributed by atoms with Crippen LogP contribution in [0.5, 0.6) is 5.75 Å². The minimum Gasteiger partial charge on any atom is -0.497 e. The first-order chi connectivity index (χ1) is 12.0. The highest BCUT2D eigenvalue weighted by Crippen LogP contribution is 2.19. The summed E-state index contributed by atoms with van der Waals surface area (Å²) in [4.78, 5) is 16.1. The van der Waals surface area contributed by atoms with Crippen molar-refractivity contribution in [1.29, 1.82) is 0 Å². The van der Waals surface area contributed by atoms with E-state index in [1.807, 2.05) is 0 Å². The van der Waals surface area contributed by atoms with Crippen molar-refractivity contribution in [2.45, 2.75) is 24.4 Å². The molecule has 0 saturated carbocycles. The number of rotatable bonds is 6. The zero-order valence-electron chi connectivity index (χ0n) is 13.9. The highest BCUT2D eigenvalue weighted by atomic mass is 32.2. The summed E-state index contributed by atoms with van der Waals surface area (Å²) in [6.07, 6.45) is 4.48. The lowest BCUT2D eigenvalue weighted by Gasteiger charge is -2.12. The number of carbonyl (C=O) groups is 1. The molecule has 1 aromatic heterocycles. The van der Waals surface area contributed by atoms with E-state index < -0.39 is 10.0 Å². The number of imidazole rings is 1. The molecule has 3 rings (SSSR count). The Morgan fingerprint density at radius 2 is 1.92 bits per heavy atom. The Morgan fingerprint density at radius 3 is 2.56 bits per heavy atom. The molecule has 1 aromatic carbocycles. The summed E-state index contributed by atoms with van der Waals surface area (Å²) in [6.45, 7) is 1.02. The number of benzene rings is 1. The highest BCUT2D eigenvalue weighted by molar-refractivity contribution is 7.89. The van der Waals surface area contributed by atoms with E-state index in [1.165, 1.54) is 21.4 Å². The van der Waals surface area contributed by atoms with Gasteiger partial charge in [0.1, 0.15) is 12.3 Å². The molecule has 0 radical (unpaired) electrons. The summed E-state index contributed by atoms with van der Waals surface area (Å²) in [7, 11) is -1.99. The van der Waals surface area contributed by atoms with E-state index in [4.69, 9.17) is 4.74 Å². The molecule has 0 atom stereocenters. The van der Waals surface area contributed by atoms with Crippen molar-refractivity contribution in [2.75, 3.05) is 25.5 Å². The van der Waals surface area contributed by atoms with E-state index in [2.05, 4.69) is 10.3 Å². The van der Waals surface area contributed by atoms with Gasteiger partial charge in [0.2, 0.25) is 5.91 Å². The molecule has 134 valence electrons. The molecule has 2 heterocycles. The number of nitrogens with one attached hydrogen (secondary N) is 1. The van der Waals surface area contributed by atoms with Gasteiger partial charge in [-0.3, -0.25) is 4.79 Å². The lowest BCUT2D eigenvalue weighted by molar-refractivity contribution is -0.116. The van der Waals surface area contributed by atoms with Gasteiger partial charge in [-0.25, -0.2) is 13.4 Å². The molecule has 0 aliphatic carbocycles. The summed E-state index contributed by atoms with van der Waals surface area (Å²) < 4.78 is 32.8. The molecular formula is C16H20N4O4S.